The molecule has 0 fully saturated rings. The Balaban J connectivity index is 1.83. The van der Waals surface area contributed by atoms with E-state index in [9.17, 15) is 23.1 Å². The fraction of sp³-hybridized carbons (Fsp3) is 0.211. The van der Waals surface area contributed by atoms with Gasteiger partial charge in [-0.2, -0.15) is 13.2 Å². The molecule has 152 valence electrons. The molecule has 0 saturated heterocycles. The largest absolute Gasteiger partial charge is 0.477 e. The number of benzene rings is 1. The monoisotopic (exact) mass is 423 g/mol. The molecular weight excluding hydrogens is 407 g/mol. The minimum Gasteiger partial charge on any atom is -0.477 e. The Morgan fingerprint density at radius 3 is 2.79 bits per heavy atom. The lowest BCUT2D eigenvalue weighted by Gasteiger charge is -2.07. The molecule has 0 unspecified atom stereocenters. The van der Waals surface area contributed by atoms with Crippen LogP contribution >= 0.6 is 11.8 Å². The van der Waals surface area contributed by atoms with Gasteiger partial charge >= 0.3 is 12.1 Å². The van der Waals surface area contributed by atoms with Gasteiger partial charge in [-0.1, -0.05) is 19.1 Å². The molecule has 0 saturated carbocycles. The molecule has 2 N–H and O–H groups in total. The number of furan rings is 1. The number of alkyl halides is 3. The van der Waals surface area contributed by atoms with Gasteiger partial charge < -0.3 is 9.52 Å². The van der Waals surface area contributed by atoms with Crippen LogP contribution < -0.4 is 0 Å². The number of hydrogen-bond acceptors (Lipinski definition) is 5. The summed E-state index contributed by atoms with van der Waals surface area (Å²) in [5, 5.41) is 16.4. The maximum absolute atomic E-state index is 12.9. The molecule has 0 spiro atoms. The molecule has 3 rings (SSSR count). The lowest BCUT2D eigenvalue weighted by molar-refractivity contribution is -0.137. The quantitative estimate of drug-likeness (QED) is 0.398. The zero-order valence-electron chi connectivity index (χ0n) is 15.2. The van der Waals surface area contributed by atoms with Crippen LogP contribution in [0.15, 0.2) is 50.9 Å². The normalized spacial score (nSPS) is 12.3. The van der Waals surface area contributed by atoms with Crippen molar-refractivity contribution in [1.82, 2.24) is 15.2 Å². The smallest absolute Gasteiger partial charge is 0.416 e. The lowest BCUT2D eigenvalue weighted by Crippen LogP contribution is -2.04. The molecule has 1 aromatic carbocycles. The van der Waals surface area contributed by atoms with Crippen LogP contribution in [-0.4, -0.2) is 26.3 Å². The summed E-state index contributed by atoms with van der Waals surface area (Å²) in [4.78, 5) is 15.7. The first-order valence-corrected chi connectivity index (χ1v) is 9.39. The number of halogens is 3. The average Bonchev–Trinajstić information content (AvgIpc) is 3.30. The third-order valence-corrected chi connectivity index (χ3v) is 4.66. The van der Waals surface area contributed by atoms with Crippen LogP contribution in [0.5, 0.6) is 0 Å². The Morgan fingerprint density at radius 1 is 1.31 bits per heavy atom. The van der Waals surface area contributed by atoms with E-state index in [-0.39, 0.29) is 27.1 Å². The van der Waals surface area contributed by atoms with E-state index in [0.29, 0.717) is 12.2 Å². The predicted octanol–water partition coefficient (Wildman–Crippen LogP) is 5.25. The highest BCUT2D eigenvalue weighted by atomic mass is 32.2. The van der Waals surface area contributed by atoms with Gasteiger partial charge in [0.15, 0.2) is 0 Å². The first-order chi connectivity index (χ1) is 13.8. The number of hydrogen-bond donors (Lipinski definition) is 2. The summed E-state index contributed by atoms with van der Waals surface area (Å²) in [5.74, 6) is -0.162. The summed E-state index contributed by atoms with van der Waals surface area (Å²) < 4.78 is 44.2. The number of rotatable bonds is 7. The Kier molecular flexibility index (Phi) is 6.12. The fourth-order valence-corrected chi connectivity index (χ4v) is 3.18. The first kappa shape index (κ1) is 20.7. The van der Waals surface area contributed by atoms with E-state index in [1.165, 1.54) is 30.3 Å². The van der Waals surface area contributed by atoms with Crippen LogP contribution in [-0.2, 0) is 17.4 Å². The van der Waals surface area contributed by atoms with Gasteiger partial charge in [-0.05, 0) is 42.4 Å². The van der Waals surface area contributed by atoms with Gasteiger partial charge in [-0.3, -0.25) is 5.10 Å². The molecule has 29 heavy (non-hydrogen) atoms. The van der Waals surface area contributed by atoms with Crippen molar-refractivity contribution in [3.05, 3.63) is 58.5 Å². The number of aromatic nitrogens is 3. The lowest BCUT2D eigenvalue weighted by atomic mass is 10.1. The van der Waals surface area contributed by atoms with Gasteiger partial charge in [0.2, 0.25) is 5.16 Å². The number of aryl methyl sites for hydroxylation is 1. The SMILES string of the molecule is CCCc1nc(S/C(=C\c2ccc(-c3cccc(C(F)(F)F)c3)o2)C(=O)O)n[nH]1. The molecule has 10 heteroatoms. The van der Waals surface area contributed by atoms with Gasteiger partial charge in [0, 0.05) is 18.1 Å². The number of carboxylic acid groups (broad SMARTS) is 1. The summed E-state index contributed by atoms with van der Waals surface area (Å²) in [6.45, 7) is 1.98. The summed E-state index contributed by atoms with van der Waals surface area (Å²) in [5.41, 5.74) is -0.556. The van der Waals surface area contributed by atoms with Gasteiger partial charge in [0.25, 0.3) is 0 Å². The minimum absolute atomic E-state index is 0.0861. The van der Waals surface area contributed by atoms with Crippen LogP contribution in [0.1, 0.15) is 30.5 Å². The van der Waals surface area contributed by atoms with Crippen LogP contribution in [0.25, 0.3) is 17.4 Å². The van der Waals surface area contributed by atoms with Crippen molar-refractivity contribution in [2.75, 3.05) is 0 Å². The van der Waals surface area contributed by atoms with Gasteiger partial charge in [-0.25, -0.2) is 9.78 Å². The highest BCUT2D eigenvalue weighted by Crippen LogP contribution is 2.33. The second-order valence-electron chi connectivity index (χ2n) is 6.01. The molecule has 0 radical (unpaired) electrons. The van der Waals surface area contributed by atoms with E-state index in [1.54, 1.807) is 0 Å². The summed E-state index contributed by atoms with van der Waals surface area (Å²) >= 11 is 0.849. The number of aromatic amines is 1. The Labute approximate surface area is 167 Å². The maximum Gasteiger partial charge on any atom is 0.416 e. The molecule has 0 aliphatic heterocycles. The standard InChI is InChI=1S/C19H16F3N3O3S/c1-2-4-16-23-18(25-24-16)29-15(17(26)27)10-13-7-8-14(28-13)11-5-3-6-12(9-11)19(20,21)22/h3,5-10H,2,4H2,1H3,(H,26,27)(H,23,24,25)/b15-10-. The van der Waals surface area contributed by atoms with Gasteiger partial charge in [-0.15, -0.1) is 5.10 Å². The average molecular weight is 423 g/mol. The Morgan fingerprint density at radius 2 is 2.10 bits per heavy atom. The molecule has 0 aliphatic rings. The van der Waals surface area contributed by atoms with Crippen LogP contribution in [0.4, 0.5) is 13.2 Å². The van der Waals surface area contributed by atoms with E-state index in [4.69, 9.17) is 4.42 Å². The predicted molar refractivity (Wildman–Crippen MR) is 101 cm³/mol. The van der Waals surface area contributed by atoms with Crippen LogP contribution in [0.2, 0.25) is 0 Å². The van der Waals surface area contributed by atoms with Crippen molar-refractivity contribution in [3.63, 3.8) is 0 Å². The topological polar surface area (TPSA) is 92.0 Å². The van der Waals surface area contributed by atoms with Gasteiger partial charge in [0.1, 0.15) is 22.3 Å². The molecule has 0 aliphatic carbocycles. The number of carbonyl (C=O) groups is 1. The van der Waals surface area contributed by atoms with E-state index >= 15 is 0 Å². The van der Waals surface area contributed by atoms with E-state index in [2.05, 4.69) is 15.2 Å². The molecule has 3 aromatic rings. The third kappa shape index (κ3) is 5.29. The third-order valence-electron chi connectivity index (χ3n) is 3.78. The summed E-state index contributed by atoms with van der Waals surface area (Å²) in [6, 6.07) is 7.68. The second-order valence-corrected chi connectivity index (χ2v) is 7.02. The van der Waals surface area contributed by atoms with E-state index < -0.39 is 17.7 Å². The highest BCUT2D eigenvalue weighted by molar-refractivity contribution is 8.04. The number of H-pyrrole nitrogens is 1. The van der Waals surface area contributed by atoms with E-state index in [0.717, 1.165) is 30.3 Å². The van der Waals surface area contributed by atoms with Crippen LogP contribution in [0.3, 0.4) is 0 Å². The Hall–Kier alpha value is -3.01. The van der Waals surface area contributed by atoms with E-state index in [1.807, 2.05) is 6.92 Å². The van der Waals surface area contributed by atoms with Crippen molar-refractivity contribution in [1.29, 1.82) is 0 Å². The van der Waals surface area contributed by atoms with Crippen molar-refractivity contribution >= 4 is 23.8 Å². The number of carboxylic acids is 1. The maximum atomic E-state index is 12.9. The van der Waals surface area contributed by atoms with Crippen molar-refractivity contribution < 1.29 is 27.5 Å². The highest BCUT2D eigenvalue weighted by Gasteiger charge is 2.30. The molecule has 0 bridgehead atoms. The molecule has 0 atom stereocenters. The van der Waals surface area contributed by atoms with Crippen LogP contribution in [0, 0.1) is 0 Å². The van der Waals surface area contributed by atoms with Crippen molar-refractivity contribution in [2.24, 2.45) is 0 Å². The number of thioether (sulfide) groups is 1. The molecular formula is C19H16F3N3O3S. The molecule has 6 nitrogen and oxygen atoms in total. The molecule has 2 heterocycles. The van der Waals surface area contributed by atoms with Gasteiger partial charge in [0.05, 0.1) is 5.56 Å². The van der Waals surface area contributed by atoms with Crippen molar-refractivity contribution in [3.8, 4) is 11.3 Å². The van der Waals surface area contributed by atoms with Crippen molar-refractivity contribution in [2.45, 2.75) is 31.1 Å². The zero-order valence-corrected chi connectivity index (χ0v) is 16.0. The Bertz CT molecular complexity index is 1040. The molecule has 2 aromatic heterocycles. The number of nitrogens with zero attached hydrogens (tertiary/aromatic N) is 2. The summed E-state index contributed by atoms with van der Waals surface area (Å²) in [6.07, 6.45) is -1.63. The molecule has 0 amide bonds. The first-order valence-electron chi connectivity index (χ1n) is 8.58. The number of aliphatic carboxylic acids is 1. The fourth-order valence-electron chi connectivity index (χ4n) is 2.47. The second kappa shape index (κ2) is 8.56. The number of nitrogens with one attached hydrogen (secondary N) is 1. The summed E-state index contributed by atoms with van der Waals surface area (Å²) in [7, 11) is 0. The minimum atomic E-state index is -4.47. The zero-order chi connectivity index (χ0) is 21.0.